The summed E-state index contributed by atoms with van der Waals surface area (Å²) in [7, 11) is 0. The highest BCUT2D eigenvalue weighted by Gasteiger charge is 2.21. The largest absolute Gasteiger partial charge is 0.378 e. The maximum atomic E-state index is 4.27. The van der Waals surface area contributed by atoms with Gasteiger partial charge in [-0.05, 0) is 38.8 Å². The maximum Gasteiger partial charge on any atom is 0.0825 e. The van der Waals surface area contributed by atoms with Gasteiger partial charge in [-0.3, -0.25) is 10.00 Å². The van der Waals surface area contributed by atoms with Gasteiger partial charge in [0.15, 0.2) is 0 Å². The number of H-pyrrole nitrogens is 1. The zero-order valence-electron chi connectivity index (χ0n) is 12.9. The standard InChI is InChI=1S/C17H24N4/c1-13-17(14(2)20-19-13)18-16-9-6-10-21(12-16)11-15-7-4-3-5-8-15/h3-5,7-8,16,18H,6,9-12H2,1-2H3,(H,19,20). The van der Waals surface area contributed by atoms with Crippen molar-refractivity contribution in [1.82, 2.24) is 15.1 Å². The molecular formula is C17H24N4. The van der Waals surface area contributed by atoms with Crippen LogP contribution in [0.2, 0.25) is 0 Å². The Morgan fingerprint density at radius 3 is 2.81 bits per heavy atom. The predicted molar refractivity (Wildman–Crippen MR) is 86.4 cm³/mol. The fraction of sp³-hybridized carbons (Fsp3) is 0.471. The van der Waals surface area contributed by atoms with Crippen molar-refractivity contribution in [3.63, 3.8) is 0 Å². The van der Waals surface area contributed by atoms with Crippen LogP contribution in [0.25, 0.3) is 0 Å². The lowest BCUT2D eigenvalue weighted by atomic mass is 10.0. The molecule has 3 rings (SSSR count). The van der Waals surface area contributed by atoms with Gasteiger partial charge in [0, 0.05) is 19.1 Å². The number of aromatic nitrogens is 2. The quantitative estimate of drug-likeness (QED) is 0.906. The van der Waals surface area contributed by atoms with Crippen LogP contribution < -0.4 is 5.32 Å². The summed E-state index contributed by atoms with van der Waals surface area (Å²) in [5.74, 6) is 0. The number of piperidine rings is 1. The summed E-state index contributed by atoms with van der Waals surface area (Å²) in [5.41, 5.74) is 4.77. The van der Waals surface area contributed by atoms with Crippen LogP contribution in [0.15, 0.2) is 30.3 Å². The number of aryl methyl sites for hydroxylation is 2. The minimum absolute atomic E-state index is 0.512. The third-order valence-corrected chi connectivity index (χ3v) is 4.23. The number of anilines is 1. The molecule has 1 aromatic heterocycles. The topological polar surface area (TPSA) is 44.0 Å². The predicted octanol–water partition coefficient (Wildman–Crippen LogP) is 3.10. The SMILES string of the molecule is Cc1n[nH]c(C)c1NC1CCCN(Cc2ccccc2)C1. The molecule has 4 nitrogen and oxygen atoms in total. The van der Waals surface area contributed by atoms with E-state index in [0.29, 0.717) is 6.04 Å². The molecule has 1 aliphatic heterocycles. The Bertz CT molecular complexity index is 556. The molecule has 0 radical (unpaired) electrons. The molecule has 1 aliphatic rings. The Kier molecular flexibility index (Phi) is 4.25. The van der Waals surface area contributed by atoms with Gasteiger partial charge in [0.2, 0.25) is 0 Å². The molecule has 2 N–H and O–H groups in total. The van der Waals surface area contributed by atoms with E-state index in [2.05, 4.69) is 64.6 Å². The van der Waals surface area contributed by atoms with Crippen LogP contribution in [0.4, 0.5) is 5.69 Å². The third-order valence-electron chi connectivity index (χ3n) is 4.23. The number of rotatable bonds is 4. The first-order chi connectivity index (χ1) is 10.2. The molecular weight excluding hydrogens is 260 g/mol. The number of hydrogen-bond acceptors (Lipinski definition) is 3. The van der Waals surface area contributed by atoms with Gasteiger partial charge in [-0.25, -0.2) is 0 Å². The summed E-state index contributed by atoms with van der Waals surface area (Å²) in [6.45, 7) is 7.46. The first kappa shape index (κ1) is 14.1. The second-order valence-electron chi connectivity index (χ2n) is 6.01. The van der Waals surface area contributed by atoms with Crippen LogP contribution in [0, 0.1) is 13.8 Å². The fourth-order valence-electron chi connectivity index (χ4n) is 3.13. The van der Waals surface area contributed by atoms with E-state index in [1.54, 1.807) is 0 Å². The minimum atomic E-state index is 0.512. The lowest BCUT2D eigenvalue weighted by molar-refractivity contribution is 0.208. The van der Waals surface area contributed by atoms with Gasteiger partial charge in [0.1, 0.15) is 0 Å². The summed E-state index contributed by atoms with van der Waals surface area (Å²) in [6.07, 6.45) is 2.48. The van der Waals surface area contributed by atoms with Crippen LogP contribution in [-0.4, -0.2) is 34.2 Å². The van der Waals surface area contributed by atoms with Crippen LogP contribution in [-0.2, 0) is 6.54 Å². The Morgan fingerprint density at radius 1 is 1.29 bits per heavy atom. The number of hydrogen-bond donors (Lipinski definition) is 2. The smallest absolute Gasteiger partial charge is 0.0825 e. The molecule has 0 aliphatic carbocycles. The van der Waals surface area contributed by atoms with E-state index in [4.69, 9.17) is 0 Å². The van der Waals surface area contributed by atoms with Gasteiger partial charge in [0.25, 0.3) is 0 Å². The lowest BCUT2D eigenvalue weighted by Gasteiger charge is -2.33. The van der Waals surface area contributed by atoms with Crippen LogP contribution in [0.3, 0.4) is 0 Å². The van der Waals surface area contributed by atoms with Crippen LogP contribution >= 0.6 is 0 Å². The number of likely N-dealkylation sites (tertiary alicyclic amines) is 1. The molecule has 0 amide bonds. The molecule has 1 atom stereocenters. The fourth-order valence-corrected chi connectivity index (χ4v) is 3.13. The highest BCUT2D eigenvalue weighted by molar-refractivity contribution is 5.52. The zero-order chi connectivity index (χ0) is 14.7. The molecule has 21 heavy (non-hydrogen) atoms. The van der Waals surface area contributed by atoms with Crippen molar-refractivity contribution in [2.24, 2.45) is 0 Å². The maximum absolute atomic E-state index is 4.27. The summed E-state index contributed by atoms with van der Waals surface area (Å²) in [5, 5.41) is 11.0. The molecule has 1 aromatic carbocycles. The van der Waals surface area contributed by atoms with Gasteiger partial charge in [-0.1, -0.05) is 30.3 Å². The lowest BCUT2D eigenvalue weighted by Crippen LogP contribution is -2.41. The highest BCUT2D eigenvalue weighted by atomic mass is 15.2. The first-order valence-corrected chi connectivity index (χ1v) is 7.77. The Morgan fingerprint density at radius 2 is 2.10 bits per heavy atom. The summed E-state index contributed by atoms with van der Waals surface area (Å²) in [6, 6.07) is 11.2. The van der Waals surface area contributed by atoms with Crippen molar-refractivity contribution >= 4 is 5.69 Å². The molecule has 0 bridgehead atoms. The van der Waals surface area contributed by atoms with Crippen molar-refractivity contribution in [2.75, 3.05) is 18.4 Å². The molecule has 2 heterocycles. The number of nitrogens with one attached hydrogen (secondary N) is 2. The van der Waals surface area contributed by atoms with E-state index in [-0.39, 0.29) is 0 Å². The van der Waals surface area contributed by atoms with Crippen molar-refractivity contribution < 1.29 is 0 Å². The molecule has 4 heteroatoms. The summed E-state index contributed by atoms with van der Waals surface area (Å²) < 4.78 is 0. The van der Waals surface area contributed by atoms with E-state index < -0.39 is 0 Å². The second kappa shape index (κ2) is 6.31. The zero-order valence-corrected chi connectivity index (χ0v) is 12.9. The average molecular weight is 284 g/mol. The molecule has 1 fully saturated rings. The monoisotopic (exact) mass is 284 g/mol. The molecule has 112 valence electrons. The van der Waals surface area contributed by atoms with Crippen LogP contribution in [0.5, 0.6) is 0 Å². The molecule has 0 spiro atoms. The van der Waals surface area contributed by atoms with Gasteiger partial charge < -0.3 is 5.32 Å². The van der Waals surface area contributed by atoms with E-state index in [1.165, 1.54) is 30.6 Å². The van der Waals surface area contributed by atoms with Crippen LogP contribution in [0.1, 0.15) is 29.8 Å². The molecule has 2 aromatic rings. The Labute approximate surface area is 126 Å². The molecule has 1 saturated heterocycles. The van der Waals surface area contributed by atoms with E-state index >= 15 is 0 Å². The van der Waals surface area contributed by atoms with Gasteiger partial charge in [-0.15, -0.1) is 0 Å². The van der Waals surface area contributed by atoms with E-state index in [1.807, 2.05) is 0 Å². The minimum Gasteiger partial charge on any atom is -0.378 e. The molecule has 0 saturated carbocycles. The average Bonchev–Trinajstić information content (AvgIpc) is 2.81. The highest BCUT2D eigenvalue weighted by Crippen LogP contribution is 2.21. The first-order valence-electron chi connectivity index (χ1n) is 7.77. The van der Waals surface area contributed by atoms with Crippen molar-refractivity contribution in [2.45, 2.75) is 39.3 Å². The van der Waals surface area contributed by atoms with Crippen molar-refractivity contribution in [1.29, 1.82) is 0 Å². The second-order valence-corrected chi connectivity index (χ2v) is 6.01. The number of nitrogens with zero attached hydrogens (tertiary/aromatic N) is 2. The number of aromatic amines is 1. The van der Waals surface area contributed by atoms with Gasteiger partial charge in [-0.2, -0.15) is 5.10 Å². The van der Waals surface area contributed by atoms with E-state index in [9.17, 15) is 0 Å². The summed E-state index contributed by atoms with van der Waals surface area (Å²) in [4.78, 5) is 2.54. The Balaban J connectivity index is 1.61. The normalized spacial score (nSPS) is 19.6. The number of benzene rings is 1. The Hall–Kier alpha value is -1.81. The third kappa shape index (κ3) is 3.45. The van der Waals surface area contributed by atoms with Gasteiger partial charge >= 0.3 is 0 Å². The van der Waals surface area contributed by atoms with Crippen molar-refractivity contribution in [3.8, 4) is 0 Å². The van der Waals surface area contributed by atoms with E-state index in [0.717, 1.165) is 24.5 Å². The van der Waals surface area contributed by atoms with Crippen molar-refractivity contribution in [3.05, 3.63) is 47.3 Å². The summed E-state index contributed by atoms with van der Waals surface area (Å²) >= 11 is 0. The van der Waals surface area contributed by atoms with Gasteiger partial charge in [0.05, 0.1) is 17.1 Å². The molecule has 1 unspecified atom stereocenters.